The van der Waals surface area contributed by atoms with Crippen molar-refractivity contribution in [3.05, 3.63) is 71.6 Å². The first-order valence-electron chi connectivity index (χ1n) is 11.0. The number of rotatable bonds is 6. The molecule has 5 rings (SSSR count). The topological polar surface area (TPSA) is 104 Å². The lowest BCUT2D eigenvalue weighted by Gasteiger charge is -2.30. The minimum Gasteiger partial charge on any atom is -0.368 e. The second-order valence-electron chi connectivity index (χ2n) is 7.85. The first kappa shape index (κ1) is 22.0. The van der Waals surface area contributed by atoms with Crippen LogP contribution in [0.5, 0.6) is 0 Å². The Kier molecular flexibility index (Phi) is 6.46. The molecule has 0 atom stereocenters. The van der Waals surface area contributed by atoms with Crippen molar-refractivity contribution in [3.63, 3.8) is 0 Å². The zero-order chi connectivity index (χ0) is 23.3. The first-order chi connectivity index (χ1) is 16.6. The summed E-state index contributed by atoms with van der Waals surface area (Å²) >= 11 is 6.57. The molecule has 0 bridgehead atoms. The molecule has 0 radical (unpaired) electrons. The van der Waals surface area contributed by atoms with E-state index in [2.05, 4.69) is 45.8 Å². The molecular formula is C24H24ClN9. The van der Waals surface area contributed by atoms with E-state index in [1.165, 1.54) is 0 Å². The summed E-state index contributed by atoms with van der Waals surface area (Å²) in [5.41, 5.74) is 3.48. The van der Waals surface area contributed by atoms with E-state index in [1.54, 1.807) is 24.5 Å². The SMILES string of the molecule is Cc1cccc(-c2nccc(Nc3ccnc(Nc4ccc(N5CCNCC5)c(Cl)c4)n3)n2)n1. The van der Waals surface area contributed by atoms with Crippen molar-refractivity contribution in [2.75, 3.05) is 41.7 Å². The highest BCUT2D eigenvalue weighted by molar-refractivity contribution is 6.33. The molecule has 1 saturated heterocycles. The lowest BCUT2D eigenvalue weighted by Crippen LogP contribution is -2.43. The summed E-state index contributed by atoms with van der Waals surface area (Å²) in [5, 5.41) is 10.5. The van der Waals surface area contributed by atoms with Gasteiger partial charge in [0.25, 0.3) is 0 Å². The number of aromatic nitrogens is 5. The number of benzene rings is 1. The molecule has 4 aromatic rings. The highest BCUT2D eigenvalue weighted by atomic mass is 35.5. The summed E-state index contributed by atoms with van der Waals surface area (Å²) in [6.45, 7) is 5.73. The number of piperazine rings is 1. The van der Waals surface area contributed by atoms with E-state index < -0.39 is 0 Å². The van der Waals surface area contributed by atoms with Gasteiger partial charge in [-0.05, 0) is 49.4 Å². The summed E-state index contributed by atoms with van der Waals surface area (Å²) in [7, 11) is 0. The van der Waals surface area contributed by atoms with Crippen LogP contribution in [-0.2, 0) is 0 Å². The third-order valence-electron chi connectivity index (χ3n) is 5.35. The van der Waals surface area contributed by atoms with E-state index in [9.17, 15) is 0 Å². The molecule has 0 spiro atoms. The molecule has 1 fully saturated rings. The average molecular weight is 474 g/mol. The minimum atomic E-state index is 0.450. The molecule has 4 heterocycles. The molecule has 34 heavy (non-hydrogen) atoms. The second kappa shape index (κ2) is 9.98. The molecule has 1 aliphatic heterocycles. The van der Waals surface area contributed by atoms with E-state index in [0.29, 0.717) is 28.4 Å². The Morgan fingerprint density at radius 3 is 2.47 bits per heavy atom. The van der Waals surface area contributed by atoms with Crippen molar-refractivity contribution in [2.24, 2.45) is 0 Å². The number of anilines is 5. The van der Waals surface area contributed by atoms with Gasteiger partial charge in [0.15, 0.2) is 5.82 Å². The Bertz CT molecular complexity index is 1290. The molecule has 3 aromatic heterocycles. The normalized spacial score (nSPS) is 13.5. The number of pyridine rings is 1. The summed E-state index contributed by atoms with van der Waals surface area (Å²) in [5.74, 6) is 2.20. The predicted octanol–water partition coefficient (Wildman–Crippen LogP) is 4.19. The van der Waals surface area contributed by atoms with E-state index in [4.69, 9.17) is 11.6 Å². The van der Waals surface area contributed by atoms with Crippen molar-refractivity contribution < 1.29 is 0 Å². The molecule has 1 aromatic carbocycles. The fourth-order valence-corrected chi connectivity index (χ4v) is 4.02. The van der Waals surface area contributed by atoms with Gasteiger partial charge in [-0.2, -0.15) is 4.98 Å². The van der Waals surface area contributed by atoms with Crippen molar-refractivity contribution in [2.45, 2.75) is 6.92 Å². The Hall–Kier alpha value is -3.82. The van der Waals surface area contributed by atoms with E-state index in [1.807, 2.05) is 43.3 Å². The molecular weight excluding hydrogens is 450 g/mol. The molecule has 1 aliphatic rings. The standard InChI is InChI=1S/C24H24ClN9/c1-16-3-2-4-19(29-16)23-27-9-7-21(32-23)31-22-8-10-28-24(33-22)30-17-5-6-20(18(25)15-17)34-13-11-26-12-14-34/h2-10,15,26H,11-14H2,1H3,(H2,27,28,30,31,32,33). The third kappa shape index (κ3) is 5.22. The number of halogens is 1. The molecule has 9 nitrogen and oxygen atoms in total. The number of nitrogens with one attached hydrogen (secondary N) is 3. The molecule has 0 amide bonds. The van der Waals surface area contributed by atoms with Gasteiger partial charge in [0, 0.05) is 50.0 Å². The van der Waals surface area contributed by atoms with Gasteiger partial charge in [-0.25, -0.2) is 19.9 Å². The predicted molar refractivity (Wildman–Crippen MR) is 135 cm³/mol. The zero-order valence-corrected chi connectivity index (χ0v) is 19.4. The van der Waals surface area contributed by atoms with Gasteiger partial charge in [0.2, 0.25) is 5.95 Å². The van der Waals surface area contributed by atoms with Crippen molar-refractivity contribution in [3.8, 4) is 11.5 Å². The number of hydrogen-bond donors (Lipinski definition) is 3. The van der Waals surface area contributed by atoms with Crippen LogP contribution in [0.4, 0.5) is 29.0 Å². The van der Waals surface area contributed by atoms with Crippen LogP contribution in [-0.4, -0.2) is 51.1 Å². The lowest BCUT2D eigenvalue weighted by molar-refractivity contribution is 0.589. The molecule has 0 aliphatic carbocycles. The summed E-state index contributed by atoms with van der Waals surface area (Å²) in [4.78, 5) is 24.6. The molecule has 3 N–H and O–H groups in total. The van der Waals surface area contributed by atoms with Gasteiger partial charge in [0.05, 0.1) is 10.7 Å². The van der Waals surface area contributed by atoms with Gasteiger partial charge in [-0.15, -0.1) is 0 Å². The Morgan fingerprint density at radius 1 is 0.882 bits per heavy atom. The van der Waals surface area contributed by atoms with Crippen LogP contribution in [0.1, 0.15) is 5.69 Å². The Balaban J connectivity index is 1.30. The van der Waals surface area contributed by atoms with Crippen LogP contribution in [0.3, 0.4) is 0 Å². The van der Waals surface area contributed by atoms with Crippen LogP contribution >= 0.6 is 11.6 Å². The number of hydrogen-bond acceptors (Lipinski definition) is 9. The summed E-state index contributed by atoms with van der Waals surface area (Å²) < 4.78 is 0. The van der Waals surface area contributed by atoms with Crippen LogP contribution in [0, 0.1) is 6.92 Å². The quantitative estimate of drug-likeness (QED) is 0.380. The fourth-order valence-electron chi connectivity index (χ4n) is 3.72. The van der Waals surface area contributed by atoms with Gasteiger partial charge < -0.3 is 20.9 Å². The van der Waals surface area contributed by atoms with Crippen molar-refractivity contribution in [1.29, 1.82) is 0 Å². The largest absolute Gasteiger partial charge is 0.368 e. The van der Waals surface area contributed by atoms with Crippen LogP contribution in [0.25, 0.3) is 11.5 Å². The summed E-state index contributed by atoms with van der Waals surface area (Å²) in [6.07, 6.45) is 3.37. The maximum Gasteiger partial charge on any atom is 0.229 e. The number of aryl methyl sites for hydroxylation is 1. The van der Waals surface area contributed by atoms with Crippen molar-refractivity contribution >= 4 is 40.6 Å². The zero-order valence-electron chi connectivity index (χ0n) is 18.7. The molecule has 0 unspecified atom stereocenters. The molecule has 10 heteroatoms. The van der Waals surface area contributed by atoms with Crippen LogP contribution in [0.15, 0.2) is 60.9 Å². The van der Waals surface area contributed by atoms with E-state index >= 15 is 0 Å². The fraction of sp³-hybridized carbons (Fsp3) is 0.208. The van der Waals surface area contributed by atoms with Gasteiger partial charge >= 0.3 is 0 Å². The minimum absolute atomic E-state index is 0.450. The maximum atomic E-state index is 6.57. The Labute approximate surface area is 202 Å². The van der Waals surface area contributed by atoms with Gasteiger partial charge in [-0.1, -0.05) is 17.7 Å². The first-order valence-corrected chi connectivity index (χ1v) is 11.4. The summed E-state index contributed by atoms with van der Waals surface area (Å²) in [6, 6.07) is 15.2. The maximum absolute atomic E-state index is 6.57. The highest BCUT2D eigenvalue weighted by Gasteiger charge is 2.14. The third-order valence-corrected chi connectivity index (χ3v) is 5.65. The van der Waals surface area contributed by atoms with Crippen molar-refractivity contribution in [1.82, 2.24) is 30.2 Å². The van der Waals surface area contributed by atoms with Crippen LogP contribution < -0.4 is 20.9 Å². The van der Waals surface area contributed by atoms with Gasteiger partial charge in [0.1, 0.15) is 17.3 Å². The lowest BCUT2D eigenvalue weighted by atomic mass is 10.2. The second-order valence-corrected chi connectivity index (χ2v) is 8.26. The van der Waals surface area contributed by atoms with Gasteiger partial charge in [-0.3, -0.25) is 0 Å². The highest BCUT2D eigenvalue weighted by Crippen LogP contribution is 2.30. The van der Waals surface area contributed by atoms with Crippen LogP contribution in [0.2, 0.25) is 5.02 Å². The Morgan fingerprint density at radius 2 is 1.68 bits per heavy atom. The average Bonchev–Trinajstić information content (AvgIpc) is 2.85. The van der Waals surface area contributed by atoms with E-state index in [0.717, 1.165) is 48.9 Å². The van der Waals surface area contributed by atoms with E-state index in [-0.39, 0.29) is 0 Å². The molecule has 172 valence electrons. The monoisotopic (exact) mass is 473 g/mol. The molecule has 0 saturated carbocycles. The smallest absolute Gasteiger partial charge is 0.229 e. The number of nitrogens with zero attached hydrogens (tertiary/aromatic N) is 6.